The Kier molecular flexibility index (Phi) is 8.63. The van der Waals surface area contributed by atoms with Gasteiger partial charge in [0.1, 0.15) is 53.6 Å². The minimum absolute atomic E-state index is 0. The third kappa shape index (κ3) is 6.20. The van der Waals surface area contributed by atoms with Gasteiger partial charge in [0.15, 0.2) is 0 Å². The van der Waals surface area contributed by atoms with Gasteiger partial charge >= 0.3 is 0 Å². The summed E-state index contributed by atoms with van der Waals surface area (Å²) in [5.41, 5.74) is 1.43. The van der Waals surface area contributed by atoms with Crippen LogP contribution in [-0.4, -0.2) is 39.5 Å². The van der Waals surface area contributed by atoms with Crippen molar-refractivity contribution < 1.29 is 24.1 Å². The van der Waals surface area contributed by atoms with Crippen LogP contribution >= 0.6 is 35.3 Å². The number of nitrogens with one attached hydrogen (secondary N) is 1. The summed E-state index contributed by atoms with van der Waals surface area (Å²) >= 11 is 7.94. The molecule has 0 unspecified atom stereocenters. The zero-order chi connectivity index (χ0) is 25.1. The molecule has 2 heterocycles. The average molecular weight is 562 g/mol. The van der Waals surface area contributed by atoms with Crippen molar-refractivity contribution in [1.82, 2.24) is 9.97 Å². The van der Waals surface area contributed by atoms with Crippen molar-refractivity contribution in [3.8, 4) is 11.5 Å². The minimum Gasteiger partial charge on any atom is -0.491 e. The second kappa shape index (κ2) is 11.9. The van der Waals surface area contributed by atoms with E-state index in [0.29, 0.717) is 27.9 Å². The maximum Gasteiger partial charge on any atom is 0.143 e. The number of nitrogens with zero attached hydrogens (tertiary/aromatic N) is 2. The number of aliphatic hydroxyl groups is 2. The molecule has 0 saturated carbocycles. The SMILES string of the molecule is Cl.OC[C@H](O)COc1ccc2c(c1)sc1ncnc(Nc3ccc(OCc4cccc(F)c4)c(Cl)c3)c12. The van der Waals surface area contributed by atoms with Gasteiger partial charge in [0.2, 0.25) is 0 Å². The number of hydrogen-bond acceptors (Lipinski definition) is 8. The van der Waals surface area contributed by atoms with Gasteiger partial charge in [0.05, 0.1) is 17.0 Å². The zero-order valence-electron chi connectivity index (χ0n) is 19.2. The molecule has 7 nitrogen and oxygen atoms in total. The second-order valence-corrected chi connectivity index (χ2v) is 9.44. The van der Waals surface area contributed by atoms with Crippen LogP contribution in [-0.2, 0) is 6.61 Å². The number of benzene rings is 3. The van der Waals surface area contributed by atoms with E-state index in [9.17, 15) is 9.50 Å². The summed E-state index contributed by atoms with van der Waals surface area (Å²) in [5.74, 6) is 1.38. The molecule has 0 spiro atoms. The quantitative estimate of drug-likeness (QED) is 0.199. The summed E-state index contributed by atoms with van der Waals surface area (Å²) in [6.45, 7) is -0.162. The number of ether oxygens (including phenoxy) is 2. The van der Waals surface area contributed by atoms with Crippen molar-refractivity contribution in [3.05, 3.63) is 83.4 Å². The van der Waals surface area contributed by atoms with Crippen molar-refractivity contribution in [2.75, 3.05) is 18.5 Å². The van der Waals surface area contributed by atoms with Crippen molar-refractivity contribution in [2.45, 2.75) is 12.7 Å². The number of aromatic nitrogens is 2. The normalized spacial score (nSPS) is 11.8. The van der Waals surface area contributed by atoms with Gasteiger partial charge in [-0.05, 0) is 54.1 Å². The van der Waals surface area contributed by atoms with E-state index in [0.717, 1.165) is 26.0 Å². The Morgan fingerprint density at radius 2 is 1.92 bits per heavy atom. The first-order valence-corrected chi connectivity index (χ1v) is 12.2. The number of anilines is 2. The van der Waals surface area contributed by atoms with Crippen LogP contribution in [0.2, 0.25) is 5.02 Å². The molecule has 0 aliphatic heterocycles. The van der Waals surface area contributed by atoms with Crippen LogP contribution in [0.1, 0.15) is 5.56 Å². The molecule has 0 aliphatic carbocycles. The summed E-state index contributed by atoms with van der Waals surface area (Å²) in [5, 5.41) is 24.0. The van der Waals surface area contributed by atoms with Crippen LogP contribution in [0.15, 0.2) is 67.0 Å². The Morgan fingerprint density at radius 1 is 1.05 bits per heavy atom. The van der Waals surface area contributed by atoms with Crippen LogP contribution in [0.5, 0.6) is 11.5 Å². The third-order valence-electron chi connectivity index (χ3n) is 5.37. The first kappa shape index (κ1) is 26.8. The Balaban J connectivity index is 0.00000320. The van der Waals surface area contributed by atoms with Gasteiger partial charge in [-0.3, -0.25) is 0 Å². The van der Waals surface area contributed by atoms with Crippen LogP contribution < -0.4 is 14.8 Å². The van der Waals surface area contributed by atoms with Crippen molar-refractivity contribution in [2.24, 2.45) is 0 Å². The molecule has 37 heavy (non-hydrogen) atoms. The zero-order valence-corrected chi connectivity index (χ0v) is 21.6. The Morgan fingerprint density at radius 3 is 2.70 bits per heavy atom. The first-order valence-electron chi connectivity index (χ1n) is 11.0. The van der Waals surface area contributed by atoms with Gasteiger partial charge in [-0.2, -0.15) is 0 Å². The molecule has 0 saturated heterocycles. The first-order chi connectivity index (χ1) is 17.5. The molecular formula is C26H22Cl2FN3O4S. The molecule has 5 aromatic rings. The lowest BCUT2D eigenvalue weighted by Gasteiger charge is -2.12. The molecule has 11 heteroatoms. The smallest absolute Gasteiger partial charge is 0.143 e. The highest BCUT2D eigenvalue weighted by molar-refractivity contribution is 7.25. The lowest BCUT2D eigenvalue weighted by Crippen LogP contribution is -2.21. The molecule has 192 valence electrons. The fourth-order valence-corrected chi connectivity index (χ4v) is 4.94. The van der Waals surface area contributed by atoms with E-state index in [1.165, 1.54) is 29.8 Å². The molecule has 0 fully saturated rings. The predicted octanol–water partition coefficient (Wildman–Crippen LogP) is 6.11. The van der Waals surface area contributed by atoms with Crippen molar-refractivity contribution >= 4 is 67.2 Å². The summed E-state index contributed by atoms with van der Waals surface area (Å²) in [6, 6.07) is 17.1. The van der Waals surface area contributed by atoms with Gasteiger partial charge in [-0.1, -0.05) is 23.7 Å². The van der Waals surface area contributed by atoms with E-state index in [1.54, 1.807) is 30.3 Å². The van der Waals surface area contributed by atoms with Crippen molar-refractivity contribution in [1.29, 1.82) is 0 Å². The Bertz CT molecular complexity index is 1540. The molecule has 3 aromatic carbocycles. The molecule has 1 atom stereocenters. The number of fused-ring (bicyclic) bond motifs is 3. The maximum atomic E-state index is 13.4. The number of aliphatic hydroxyl groups excluding tert-OH is 2. The molecule has 0 radical (unpaired) electrons. The summed E-state index contributed by atoms with van der Waals surface area (Å²) in [6.07, 6.45) is 0.558. The largest absolute Gasteiger partial charge is 0.491 e. The molecular weight excluding hydrogens is 540 g/mol. The van der Waals surface area contributed by atoms with E-state index >= 15 is 0 Å². The Hall–Kier alpha value is -3.21. The van der Waals surface area contributed by atoms with Gasteiger partial charge in [-0.25, -0.2) is 14.4 Å². The summed E-state index contributed by atoms with van der Waals surface area (Å²) in [4.78, 5) is 9.65. The average Bonchev–Trinajstić information content (AvgIpc) is 3.25. The van der Waals surface area contributed by atoms with E-state index in [-0.39, 0.29) is 38.0 Å². The predicted molar refractivity (Wildman–Crippen MR) is 146 cm³/mol. The molecule has 5 rings (SSSR count). The third-order valence-corrected chi connectivity index (χ3v) is 6.73. The fourth-order valence-electron chi connectivity index (χ4n) is 3.64. The summed E-state index contributed by atoms with van der Waals surface area (Å²) < 4.78 is 25.7. The monoisotopic (exact) mass is 561 g/mol. The highest BCUT2D eigenvalue weighted by atomic mass is 35.5. The van der Waals surface area contributed by atoms with E-state index in [1.807, 2.05) is 18.2 Å². The van der Waals surface area contributed by atoms with Crippen LogP contribution in [0.3, 0.4) is 0 Å². The molecule has 0 amide bonds. The maximum absolute atomic E-state index is 13.4. The lowest BCUT2D eigenvalue weighted by atomic mass is 10.2. The molecule has 3 N–H and O–H groups in total. The standard InChI is InChI=1S/C26H21ClFN3O4S.ClH/c27-21-9-17(4-7-22(21)35-12-15-2-1-3-16(28)8-15)31-25-24-20-6-5-19(34-13-18(33)11-32)10-23(20)36-26(24)30-14-29-25;/h1-10,14,18,32-33H,11-13H2,(H,29,30,31);1H/t18-;/m0./s1. The van der Waals surface area contributed by atoms with Gasteiger partial charge in [0, 0.05) is 15.8 Å². The topological polar surface area (TPSA) is 96.7 Å². The van der Waals surface area contributed by atoms with E-state index in [4.69, 9.17) is 26.2 Å². The van der Waals surface area contributed by atoms with E-state index in [2.05, 4.69) is 15.3 Å². The molecule has 0 bridgehead atoms. The molecule has 2 aromatic heterocycles. The van der Waals surface area contributed by atoms with Crippen molar-refractivity contribution in [3.63, 3.8) is 0 Å². The fraction of sp³-hybridized carbons (Fsp3) is 0.154. The number of thiophene rings is 1. The highest BCUT2D eigenvalue weighted by Crippen LogP contribution is 2.39. The van der Waals surface area contributed by atoms with Gasteiger partial charge in [-0.15, -0.1) is 23.7 Å². The van der Waals surface area contributed by atoms with Crippen LogP contribution in [0, 0.1) is 5.82 Å². The summed E-state index contributed by atoms with van der Waals surface area (Å²) in [7, 11) is 0. The second-order valence-electron chi connectivity index (χ2n) is 8.00. The van der Waals surface area contributed by atoms with Gasteiger partial charge in [0.25, 0.3) is 0 Å². The highest BCUT2D eigenvalue weighted by Gasteiger charge is 2.14. The van der Waals surface area contributed by atoms with E-state index < -0.39 is 6.10 Å². The Labute approximate surface area is 226 Å². The number of rotatable bonds is 9. The number of halogens is 3. The minimum atomic E-state index is -0.935. The van der Waals surface area contributed by atoms with Crippen LogP contribution in [0.4, 0.5) is 15.9 Å². The van der Waals surface area contributed by atoms with Gasteiger partial charge < -0.3 is 25.0 Å². The lowest BCUT2D eigenvalue weighted by molar-refractivity contribution is 0.0536. The number of hydrogen-bond donors (Lipinski definition) is 3. The molecule has 0 aliphatic rings. The van der Waals surface area contributed by atoms with Crippen LogP contribution in [0.25, 0.3) is 20.3 Å².